The standard InChI is InChI=1S/C10H9ClN2O2/c11-9-3-1-8(2-4-9)5-6-15-10(14)7-13-12/h1-4,7H,5-6H2. The van der Waals surface area contributed by atoms with Gasteiger partial charge in [0.2, 0.25) is 0 Å². The van der Waals surface area contributed by atoms with Crippen molar-refractivity contribution in [3.05, 3.63) is 40.4 Å². The lowest BCUT2D eigenvalue weighted by atomic mass is 10.2. The first-order valence-electron chi connectivity index (χ1n) is 4.31. The van der Waals surface area contributed by atoms with Crippen LogP contribution in [0.4, 0.5) is 0 Å². The first-order valence-corrected chi connectivity index (χ1v) is 4.69. The maximum Gasteiger partial charge on any atom is 0.413 e. The van der Waals surface area contributed by atoms with Crippen LogP contribution in [0.2, 0.25) is 5.02 Å². The van der Waals surface area contributed by atoms with Crippen LogP contribution in [-0.2, 0) is 16.0 Å². The van der Waals surface area contributed by atoms with Gasteiger partial charge in [0.25, 0.3) is 0 Å². The van der Waals surface area contributed by atoms with E-state index in [9.17, 15) is 4.79 Å². The second-order valence-corrected chi connectivity index (χ2v) is 3.22. The normalized spacial score (nSPS) is 9.13. The largest absolute Gasteiger partial charge is 0.457 e. The number of carbonyl (C=O) groups excluding carboxylic acids is 1. The molecule has 15 heavy (non-hydrogen) atoms. The van der Waals surface area contributed by atoms with Crippen LogP contribution in [0, 0.1) is 0 Å². The summed E-state index contributed by atoms with van der Waals surface area (Å²) >= 11 is 5.71. The van der Waals surface area contributed by atoms with Gasteiger partial charge in [-0.05, 0) is 17.7 Å². The van der Waals surface area contributed by atoms with Crippen LogP contribution in [-0.4, -0.2) is 23.6 Å². The van der Waals surface area contributed by atoms with Gasteiger partial charge in [-0.3, -0.25) is 0 Å². The summed E-state index contributed by atoms with van der Waals surface area (Å²) < 4.78 is 4.74. The summed E-state index contributed by atoms with van der Waals surface area (Å²) in [6.07, 6.45) is 1.31. The van der Waals surface area contributed by atoms with Gasteiger partial charge in [-0.25, -0.2) is 4.79 Å². The molecular weight excluding hydrogens is 216 g/mol. The molecule has 0 spiro atoms. The Kier molecular flexibility index (Phi) is 4.54. The van der Waals surface area contributed by atoms with Crippen LogP contribution in [0.5, 0.6) is 0 Å². The van der Waals surface area contributed by atoms with Gasteiger partial charge in [-0.15, -0.1) is 0 Å². The summed E-state index contributed by atoms with van der Waals surface area (Å²) in [5, 5.41) is 0.670. The van der Waals surface area contributed by atoms with Crippen LogP contribution in [0.25, 0.3) is 5.53 Å². The fourth-order valence-corrected chi connectivity index (χ4v) is 1.13. The highest BCUT2D eigenvalue weighted by atomic mass is 35.5. The molecule has 0 radical (unpaired) electrons. The van der Waals surface area contributed by atoms with Crippen LogP contribution in [0.1, 0.15) is 5.56 Å². The molecule has 1 aromatic carbocycles. The van der Waals surface area contributed by atoms with E-state index in [1.54, 1.807) is 12.1 Å². The van der Waals surface area contributed by atoms with E-state index in [-0.39, 0.29) is 6.61 Å². The Balaban J connectivity index is 2.35. The van der Waals surface area contributed by atoms with E-state index in [1.807, 2.05) is 12.1 Å². The van der Waals surface area contributed by atoms with Crippen molar-refractivity contribution < 1.29 is 14.3 Å². The lowest BCUT2D eigenvalue weighted by Crippen LogP contribution is -2.08. The van der Waals surface area contributed by atoms with Gasteiger partial charge in [0.15, 0.2) is 0 Å². The predicted octanol–water partition coefficient (Wildman–Crippen LogP) is 1.73. The molecule has 1 aromatic rings. The molecular formula is C10H9ClN2O2. The van der Waals surface area contributed by atoms with Crippen molar-refractivity contribution in [3.8, 4) is 0 Å². The molecule has 1 rings (SSSR count). The molecule has 0 fully saturated rings. The lowest BCUT2D eigenvalue weighted by molar-refractivity contribution is -0.138. The first kappa shape index (κ1) is 11.4. The molecule has 0 bridgehead atoms. The topological polar surface area (TPSA) is 62.7 Å². The minimum atomic E-state index is -0.661. The van der Waals surface area contributed by atoms with Gasteiger partial charge < -0.3 is 10.3 Å². The molecule has 4 nitrogen and oxygen atoms in total. The molecule has 0 amide bonds. The number of halogens is 1. The van der Waals surface area contributed by atoms with E-state index >= 15 is 0 Å². The Morgan fingerprint density at radius 3 is 2.73 bits per heavy atom. The van der Waals surface area contributed by atoms with Gasteiger partial charge in [0.1, 0.15) is 0 Å². The summed E-state index contributed by atoms with van der Waals surface area (Å²) in [6.45, 7) is 0.243. The van der Waals surface area contributed by atoms with Crippen LogP contribution < -0.4 is 0 Å². The third-order valence-corrected chi connectivity index (χ3v) is 1.96. The molecule has 0 atom stereocenters. The Labute approximate surface area is 92.1 Å². The van der Waals surface area contributed by atoms with Gasteiger partial charge in [0, 0.05) is 11.4 Å². The van der Waals surface area contributed by atoms with Crippen molar-refractivity contribution in [1.29, 1.82) is 0 Å². The minimum absolute atomic E-state index is 0.243. The zero-order chi connectivity index (χ0) is 11.1. The van der Waals surface area contributed by atoms with Crippen LogP contribution in [0.3, 0.4) is 0 Å². The fraction of sp³-hybridized carbons (Fsp3) is 0.200. The van der Waals surface area contributed by atoms with Crippen LogP contribution in [0.15, 0.2) is 24.3 Å². The Bertz CT molecular complexity index is 383. The quantitative estimate of drug-likeness (QED) is 0.338. The molecule has 0 N–H and O–H groups in total. The summed E-state index contributed by atoms with van der Waals surface area (Å²) in [5.41, 5.74) is 9.06. The van der Waals surface area contributed by atoms with E-state index in [0.29, 0.717) is 17.7 Å². The van der Waals surface area contributed by atoms with E-state index in [2.05, 4.69) is 4.79 Å². The maximum atomic E-state index is 10.7. The molecule has 0 aliphatic carbocycles. The van der Waals surface area contributed by atoms with Gasteiger partial charge in [-0.2, -0.15) is 4.79 Å². The second kappa shape index (κ2) is 5.96. The van der Waals surface area contributed by atoms with Crippen molar-refractivity contribution in [2.75, 3.05) is 6.61 Å². The van der Waals surface area contributed by atoms with Crippen molar-refractivity contribution in [1.82, 2.24) is 0 Å². The second-order valence-electron chi connectivity index (χ2n) is 2.79. The number of hydrogen-bond acceptors (Lipinski definition) is 2. The lowest BCUT2D eigenvalue weighted by Gasteiger charge is -2.00. The molecule has 0 unspecified atom stereocenters. The predicted molar refractivity (Wildman–Crippen MR) is 55.8 cm³/mol. The summed E-state index contributed by atoms with van der Waals surface area (Å²) in [4.78, 5) is 13.3. The van der Waals surface area contributed by atoms with E-state index < -0.39 is 5.97 Å². The molecule has 0 saturated heterocycles. The average molecular weight is 225 g/mol. The van der Waals surface area contributed by atoms with Crippen molar-refractivity contribution in [2.24, 2.45) is 0 Å². The summed E-state index contributed by atoms with van der Waals surface area (Å²) in [5.74, 6) is -0.661. The minimum Gasteiger partial charge on any atom is -0.457 e. The number of nitrogens with zero attached hydrogens (tertiary/aromatic N) is 2. The molecule has 78 valence electrons. The smallest absolute Gasteiger partial charge is 0.413 e. The molecule has 0 aromatic heterocycles. The molecule has 0 heterocycles. The summed E-state index contributed by atoms with van der Waals surface area (Å²) in [7, 11) is 0. The van der Waals surface area contributed by atoms with Gasteiger partial charge >= 0.3 is 12.2 Å². The first-order chi connectivity index (χ1) is 7.22. The van der Waals surface area contributed by atoms with Crippen molar-refractivity contribution in [2.45, 2.75) is 6.42 Å². The number of esters is 1. The third kappa shape index (κ3) is 4.40. The van der Waals surface area contributed by atoms with Crippen molar-refractivity contribution >= 4 is 23.8 Å². The Morgan fingerprint density at radius 2 is 2.13 bits per heavy atom. The van der Waals surface area contributed by atoms with Gasteiger partial charge in [0.05, 0.1) is 6.61 Å². The number of hydrogen-bond donors (Lipinski definition) is 0. The highest BCUT2D eigenvalue weighted by Gasteiger charge is 2.02. The van der Waals surface area contributed by atoms with Crippen LogP contribution >= 0.6 is 11.6 Å². The maximum absolute atomic E-state index is 10.7. The molecule has 0 saturated carbocycles. The fourth-order valence-electron chi connectivity index (χ4n) is 1.00. The zero-order valence-electron chi connectivity index (χ0n) is 7.89. The number of carbonyl (C=O) groups is 1. The highest BCUT2D eigenvalue weighted by Crippen LogP contribution is 2.09. The van der Waals surface area contributed by atoms with Gasteiger partial charge in [-0.1, -0.05) is 23.7 Å². The van der Waals surface area contributed by atoms with E-state index in [1.165, 1.54) is 0 Å². The molecule has 0 aliphatic rings. The Hall–Kier alpha value is -1.64. The summed E-state index contributed by atoms with van der Waals surface area (Å²) in [6, 6.07) is 7.26. The van der Waals surface area contributed by atoms with Crippen molar-refractivity contribution in [3.63, 3.8) is 0 Å². The zero-order valence-corrected chi connectivity index (χ0v) is 8.65. The SMILES string of the molecule is [N-]=[N+]=CC(=O)OCCc1ccc(Cl)cc1. The highest BCUT2D eigenvalue weighted by molar-refractivity contribution is 6.30. The molecule has 5 heteroatoms. The van der Waals surface area contributed by atoms with E-state index in [0.717, 1.165) is 5.56 Å². The number of ether oxygens (including phenoxy) is 1. The third-order valence-electron chi connectivity index (χ3n) is 1.71. The van der Waals surface area contributed by atoms with E-state index in [4.69, 9.17) is 21.9 Å². The average Bonchev–Trinajstić information content (AvgIpc) is 2.21. The number of rotatable bonds is 4. The number of benzene rings is 1. The Morgan fingerprint density at radius 1 is 1.47 bits per heavy atom. The molecule has 0 aliphatic heterocycles. The monoisotopic (exact) mass is 224 g/mol.